The van der Waals surface area contributed by atoms with Crippen LogP contribution in [0.5, 0.6) is 0 Å². The molecule has 0 amide bonds. The van der Waals surface area contributed by atoms with Crippen LogP contribution in [0.2, 0.25) is 0 Å². The number of carboxylic acid groups (broad SMARTS) is 1. The zero-order valence-electron chi connectivity index (χ0n) is 12.6. The third-order valence-corrected chi connectivity index (χ3v) is 3.28. The van der Waals surface area contributed by atoms with Crippen LogP contribution in [0.25, 0.3) is 0 Å². The van der Waals surface area contributed by atoms with E-state index in [2.05, 4.69) is 51.7 Å². The van der Waals surface area contributed by atoms with E-state index in [1.807, 2.05) is 18.2 Å². The lowest BCUT2D eigenvalue weighted by molar-refractivity contribution is -0.141. The monoisotopic (exact) mass is 263 g/mol. The van der Waals surface area contributed by atoms with Gasteiger partial charge in [0.2, 0.25) is 0 Å². The summed E-state index contributed by atoms with van der Waals surface area (Å²) in [5.41, 5.74) is 0.983. The normalized spacial score (nSPS) is 13.8. The molecule has 1 aromatic carbocycles. The fraction of sp³-hybridized carbons (Fsp3) is 0.562. The van der Waals surface area contributed by atoms with Gasteiger partial charge >= 0.3 is 5.97 Å². The van der Waals surface area contributed by atoms with Crippen LogP contribution >= 0.6 is 0 Å². The van der Waals surface area contributed by atoms with E-state index in [0.717, 1.165) is 0 Å². The molecule has 1 aromatic rings. The van der Waals surface area contributed by atoms with Gasteiger partial charge in [-0.3, -0.25) is 9.69 Å². The highest BCUT2D eigenvalue weighted by molar-refractivity contribution is 5.69. The summed E-state index contributed by atoms with van der Waals surface area (Å²) in [5.74, 6) is -0.433. The van der Waals surface area contributed by atoms with Gasteiger partial charge in [-0.25, -0.2) is 0 Å². The Morgan fingerprint density at radius 1 is 1.21 bits per heavy atom. The molecule has 1 rings (SSSR count). The average Bonchev–Trinajstić information content (AvgIpc) is 2.27. The van der Waals surface area contributed by atoms with E-state index in [9.17, 15) is 9.90 Å². The first-order valence-electron chi connectivity index (χ1n) is 6.77. The summed E-state index contributed by atoms with van der Waals surface area (Å²) in [7, 11) is 0. The van der Waals surface area contributed by atoms with Gasteiger partial charge in [-0.2, -0.15) is 0 Å². The Hall–Kier alpha value is -1.35. The molecule has 106 valence electrons. The van der Waals surface area contributed by atoms with E-state index in [1.54, 1.807) is 0 Å². The van der Waals surface area contributed by atoms with Crippen LogP contribution in [-0.2, 0) is 4.79 Å². The van der Waals surface area contributed by atoms with Gasteiger partial charge in [0.1, 0.15) is 0 Å². The lowest BCUT2D eigenvalue weighted by atomic mass is 9.90. The molecule has 0 bridgehead atoms. The van der Waals surface area contributed by atoms with Gasteiger partial charge < -0.3 is 5.11 Å². The second-order valence-electron chi connectivity index (χ2n) is 6.29. The Morgan fingerprint density at radius 3 is 2.11 bits per heavy atom. The van der Waals surface area contributed by atoms with E-state index < -0.39 is 5.97 Å². The lowest BCUT2D eigenvalue weighted by Crippen LogP contribution is -2.48. The van der Waals surface area contributed by atoms with E-state index >= 15 is 0 Å². The highest BCUT2D eigenvalue weighted by Gasteiger charge is 2.33. The van der Waals surface area contributed by atoms with Gasteiger partial charge in [-0.15, -0.1) is 0 Å². The average molecular weight is 263 g/mol. The van der Waals surface area contributed by atoms with Crippen molar-refractivity contribution in [2.75, 3.05) is 6.54 Å². The molecule has 0 aromatic heterocycles. The summed E-state index contributed by atoms with van der Waals surface area (Å²) >= 11 is 0. The fourth-order valence-electron chi connectivity index (χ4n) is 2.47. The molecule has 0 fully saturated rings. The SMILES string of the molecule is CC(C)C(c1ccccc1)N(CC(=O)O)C(C)(C)C. The second-order valence-corrected chi connectivity index (χ2v) is 6.29. The minimum atomic E-state index is -0.781. The van der Waals surface area contributed by atoms with Crippen LogP contribution in [-0.4, -0.2) is 28.1 Å². The number of hydrogen-bond donors (Lipinski definition) is 1. The largest absolute Gasteiger partial charge is 0.480 e. The standard InChI is InChI=1S/C16H25NO2/c1-12(2)15(13-9-7-6-8-10-13)17(11-14(18)19)16(3,4)5/h6-10,12,15H,11H2,1-5H3,(H,18,19). The van der Waals surface area contributed by atoms with Crippen molar-refractivity contribution in [3.8, 4) is 0 Å². The first kappa shape index (κ1) is 15.7. The van der Waals surface area contributed by atoms with Crippen LogP contribution in [0.15, 0.2) is 30.3 Å². The first-order chi connectivity index (χ1) is 8.73. The molecule has 19 heavy (non-hydrogen) atoms. The number of hydrogen-bond acceptors (Lipinski definition) is 2. The maximum Gasteiger partial charge on any atom is 0.317 e. The van der Waals surface area contributed by atoms with E-state index in [-0.39, 0.29) is 18.1 Å². The summed E-state index contributed by atoms with van der Waals surface area (Å²) in [6.07, 6.45) is 0. The molecular weight excluding hydrogens is 238 g/mol. The van der Waals surface area contributed by atoms with Crippen molar-refractivity contribution >= 4 is 5.97 Å². The van der Waals surface area contributed by atoms with E-state index in [4.69, 9.17) is 0 Å². The molecule has 3 nitrogen and oxygen atoms in total. The Kier molecular flexibility index (Phi) is 5.12. The number of rotatable bonds is 5. The summed E-state index contributed by atoms with van der Waals surface area (Å²) in [5, 5.41) is 9.18. The summed E-state index contributed by atoms with van der Waals surface area (Å²) < 4.78 is 0. The maximum absolute atomic E-state index is 11.2. The molecule has 0 saturated carbocycles. The van der Waals surface area contributed by atoms with Crippen molar-refractivity contribution in [1.29, 1.82) is 0 Å². The molecule has 0 aliphatic heterocycles. The van der Waals surface area contributed by atoms with Crippen LogP contribution in [0, 0.1) is 5.92 Å². The highest BCUT2D eigenvalue weighted by Crippen LogP contribution is 2.33. The number of aliphatic carboxylic acids is 1. The molecule has 0 aliphatic rings. The molecule has 0 radical (unpaired) electrons. The van der Waals surface area contributed by atoms with Crippen molar-refractivity contribution in [2.24, 2.45) is 5.92 Å². The lowest BCUT2D eigenvalue weighted by Gasteiger charge is -2.43. The zero-order chi connectivity index (χ0) is 14.6. The molecule has 1 N–H and O–H groups in total. The van der Waals surface area contributed by atoms with Gasteiger partial charge in [0.25, 0.3) is 0 Å². The summed E-state index contributed by atoms with van der Waals surface area (Å²) in [4.78, 5) is 13.2. The fourth-order valence-corrected chi connectivity index (χ4v) is 2.47. The van der Waals surface area contributed by atoms with Crippen molar-refractivity contribution in [2.45, 2.75) is 46.2 Å². The van der Waals surface area contributed by atoms with Crippen molar-refractivity contribution in [1.82, 2.24) is 4.90 Å². The Bertz CT molecular complexity index is 407. The first-order valence-corrected chi connectivity index (χ1v) is 6.77. The number of benzene rings is 1. The molecule has 3 heteroatoms. The van der Waals surface area contributed by atoms with E-state index in [0.29, 0.717) is 5.92 Å². The van der Waals surface area contributed by atoms with Gasteiger partial charge in [-0.1, -0.05) is 44.2 Å². The quantitative estimate of drug-likeness (QED) is 0.883. The van der Waals surface area contributed by atoms with Gasteiger partial charge in [0, 0.05) is 11.6 Å². The predicted octanol–water partition coefficient (Wildman–Crippen LogP) is 3.57. The predicted molar refractivity (Wildman–Crippen MR) is 78.1 cm³/mol. The summed E-state index contributed by atoms with van der Waals surface area (Å²) in [6, 6.07) is 10.3. The molecule has 0 aliphatic carbocycles. The topological polar surface area (TPSA) is 40.5 Å². The third-order valence-electron chi connectivity index (χ3n) is 3.28. The van der Waals surface area contributed by atoms with Gasteiger partial charge in [0.15, 0.2) is 0 Å². The van der Waals surface area contributed by atoms with Crippen molar-refractivity contribution in [3.63, 3.8) is 0 Å². The Balaban J connectivity index is 3.17. The highest BCUT2D eigenvalue weighted by atomic mass is 16.4. The number of carbonyl (C=O) groups is 1. The second kappa shape index (κ2) is 6.20. The molecule has 0 heterocycles. The van der Waals surface area contributed by atoms with Crippen LogP contribution in [0.1, 0.15) is 46.2 Å². The molecule has 0 spiro atoms. The maximum atomic E-state index is 11.2. The molecule has 1 unspecified atom stereocenters. The zero-order valence-corrected chi connectivity index (χ0v) is 12.6. The van der Waals surface area contributed by atoms with Crippen molar-refractivity contribution in [3.05, 3.63) is 35.9 Å². The van der Waals surface area contributed by atoms with Gasteiger partial charge in [-0.05, 0) is 32.3 Å². The molecular formula is C16H25NO2. The van der Waals surface area contributed by atoms with Crippen molar-refractivity contribution < 1.29 is 9.90 Å². The third kappa shape index (κ3) is 4.35. The molecule has 0 saturated heterocycles. The van der Waals surface area contributed by atoms with E-state index in [1.165, 1.54) is 5.56 Å². The number of nitrogens with zero attached hydrogens (tertiary/aromatic N) is 1. The Morgan fingerprint density at radius 2 is 1.74 bits per heavy atom. The smallest absolute Gasteiger partial charge is 0.317 e. The molecule has 1 atom stereocenters. The summed E-state index contributed by atoms with van der Waals surface area (Å²) in [6.45, 7) is 10.5. The van der Waals surface area contributed by atoms with Gasteiger partial charge in [0.05, 0.1) is 6.54 Å². The Labute approximate surface area is 116 Å². The number of carboxylic acids is 1. The minimum Gasteiger partial charge on any atom is -0.480 e. The van der Waals surface area contributed by atoms with Crippen LogP contribution in [0.3, 0.4) is 0 Å². The van der Waals surface area contributed by atoms with Crippen LogP contribution < -0.4 is 0 Å². The van der Waals surface area contributed by atoms with Crippen LogP contribution in [0.4, 0.5) is 0 Å². The minimum absolute atomic E-state index is 0.0568.